The highest BCUT2D eigenvalue weighted by molar-refractivity contribution is 6.64. The molecule has 24 heavy (non-hydrogen) atoms. The van der Waals surface area contributed by atoms with E-state index in [4.69, 9.17) is 23.2 Å². The molecule has 132 valence electrons. The van der Waals surface area contributed by atoms with Gasteiger partial charge in [0.1, 0.15) is 0 Å². The van der Waals surface area contributed by atoms with Gasteiger partial charge in [-0.05, 0) is 29.3 Å². The maximum atomic E-state index is 11.6. The second kappa shape index (κ2) is 8.13. The lowest BCUT2D eigenvalue weighted by Gasteiger charge is -2.41. The molecule has 3 atom stereocenters. The van der Waals surface area contributed by atoms with Crippen LogP contribution in [-0.2, 0) is 16.1 Å². The number of nitrogens with zero attached hydrogens (tertiary/aromatic N) is 3. The number of methoxy groups -OCH3 is 1. The Morgan fingerprint density at radius 2 is 1.96 bits per heavy atom. The Bertz CT molecular complexity index is 611. The highest BCUT2D eigenvalue weighted by atomic mass is 35.5. The summed E-state index contributed by atoms with van der Waals surface area (Å²) in [4.78, 5) is 18.1. The number of rotatable bonds is 5. The normalized spacial score (nSPS) is 22.9. The molecule has 0 spiro atoms. The number of carbonyl (C=O) groups is 1. The number of benzene rings is 1. The maximum absolute atomic E-state index is 11.6. The van der Waals surface area contributed by atoms with E-state index >= 15 is 0 Å². The van der Waals surface area contributed by atoms with Gasteiger partial charge in [0.15, 0.2) is 6.35 Å². The Kier molecular flexibility index (Phi) is 6.42. The number of ether oxygens (including phenoxy) is 1. The van der Waals surface area contributed by atoms with Gasteiger partial charge in [-0.25, -0.2) is 9.89 Å². The molecule has 1 aromatic carbocycles. The number of aliphatic hydroxyl groups is 2. The Morgan fingerprint density at radius 1 is 1.33 bits per heavy atom. The topological polar surface area (TPSA) is 85.6 Å². The molecule has 0 radical (unpaired) electrons. The van der Waals surface area contributed by atoms with Crippen LogP contribution < -0.4 is 0 Å². The first-order valence-electron chi connectivity index (χ1n) is 7.27. The van der Waals surface area contributed by atoms with E-state index in [-0.39, 0.29) is 18.4 Å². The monoisotopic (exact) mass is 375 g/mol. The number of esters is 1. The molecular weight excluding hydrogens is 357 g/mol. The van der Waals surface area contributed by atoms with Crippen molar-refractivity contribution in [2.45, 2.75) is 26.2 Å². The molecule has 0 aliphatic carbocycles. The molecule has 0 amide bonds. The van der Waals surface area contributed by atoms with Crippen LogP contribution in [0.1, 0.15) is 12.5 Å². The zero-order chi connectivity index (χ0) is 17.9. The van der Waals surface area contributed by atoms with Gasteiger partial charge in [-0.3, -0.25) is 4.79 Å². The fraction of sp³-hybridized carbons (Fsp3) is 0.467. The van der Waals surface area contributed by atoms with Crippen molar-refractivity contribution >= 4 is 34.5 Å². The standard InChI is InChI=1S/C15H19Cl2N3O4/c1-9(12(21)24-2)7-20-14(22)18-13(17)19(15(20)23)8-10-3-5-11(16)6-4-10/h3-6,9,14-15,22-23H,7-8H2,1-2H3. The van der Waals surface area contributed by atoms with Crippen LogP contribution in [0.25, 0.3) is 0 Å². The van der Waals surface area contributed by atoms with E-state index in [0.717, 1.165) is 5.56 Å². The third-order valence-electron chi connectivity index (χ3n) is 3.69. The minimum absolute atomic E-state index is 0.0214. The van der Waals surface area contributed by atoms with Gasteiger partial charge in [-0.15, -0.1) is 0 Å². The van der Waals surface area contributed by atoms with E-state index in [2.05, 4.69) is 9.73 Å². The summed E-state index contributed by atoms with van der Waals surface area (Å²) in [6.45, 7) is 1.95. The van der Waals surface area contributed by atoms with Crippen molar-refractivity contribution in [3.8, 4) is 0 Å². The summed E-state index contributed by atoms with van der Waals surface area (Å²) in [5.41, 5.74) is 0.851. The Morgan fingerprint density at radius 3 is 2.54 bits per heavy atom. The molecule has 1 heterocycles. The fourth-order valence-electron chi connectivity index (χ4n) is 2.35. The van der Waals surface area contributed by atoms with E-state index in [9.17, 15) is 15.0 Å². The van der Waals surface area contributed by atoms with Gasteiger partial charge in [0.05, 0.1) is 13.0 Å². The first-order chi connectivity index (χ1) is 11.3. The molecule has 0 aromatic heterocycles. The van der Waals surface area contributed by atoms with Gasteiger partial charge in [-0.1, -0.05) is 30.7 Å². The maximum Gasteiger partial charge on any atom is 0.309 e. The Balaban J connectivity index is 2.15. The second-order valence-corrected chi connectivity index (χ2v) is 6.24. The zero-order valence-corrected chi connectivity index (χ0v) is 14.8. The molecule has 2 rings (SSSR count). The van der Waals surface area contributed by atoms with Crippen LogP contribution in [0, 0.1) is 5.92 Å². The van der Waals surface area contributed by atoms with Crippen molar-refractivity contribution in [3.63, 3.8) is 0 Å². The van der Waals surface area contributed by atoms with Gasteiger partial charge < -0.3 is 19.8 Å². The molecule has 0 bridgehead atoms. The third kappa shape index (κ3) is 4.37. The van der Waals surface area contributed by atoms with Gasteiger partial charge in [0, 0.05) is 18.1 Å². The van der Waals surface area contributed by atoms with E-state index in [1.165, 1.54) is 16.9 Å². The lowest BCUT2D eigenvalue weighted by atomic mass is 10.1. The van der Waals surface area contributed by atoms with Crippen LogP contribution in [0.4, 0.5) is 0 Å². The predicted molar refractivity (Wildman–Crippen MR) is 90.2 cm³/mol. The molecule has 1 aliphatic rings. The molecule has 0 saturated heterocycles. The minimum Gasteiger partial charge on any atom is -0.469 e. The predicted octanol–water partition coefficient (Wildman–Crippen LogP) is 1.41. The number of amidine groups is 1. The minimum atomic E-state index is -1.35. The molecule has 2 N–H and O–H groups in total. The number of hydrogen-bond donors (Lipinski definition) is 2. The molecule has 0 saturated carbocycles. The summed E-state index contributed by atoms with van der Waals surface area (Å²) in [6, 6.07) is 7.05. The van der Waals surface area contributed by atoms with Gasteiger partial charge in [-0.2, -0.15) is 0 Å². The lowest BCUT2D eigenvalue weighted by molar-refractivity contribution is -0.172. The fourth-order valence-corrected chi connectivity index (χ4v) is 2.71. The number of hydrogen-bond acceptors (Lipinski definition) is 7. The molecule has 7 nitrogen and oxygen atoms in total. The van der Waals surface area contributed by atoms with Crippen LogP contribution in [0.3, 0.4) is 0 Å². The first kappa shape index (κ1) is 19.0. The molecular formula is C15H19Cl2N3O4. The van der Waals surface area contributed by atoms with Crippen molar-refractivity contribution in [3.05, 3.63) is 34.9 Å². The van der Waals surface area contributed by atoms with Gasteiger partial charge in [0.2, 0.25) is 11.6 Å². The van der Waals surface area contributed by atoms with Crippen molar-refractivity contribution in [2.24, 2.45) is 10.9 Å². The molecule has 0 fully saturated rings. The van der Waals surface area contributed by atoms with Crippen LogP contribution in [0.5, 0.6) is 0 Å². The van der Waals surface area contributed by atoms with Crippen molar-refractivity contribution < 1.29 is 19.7 Å². The summed E-state index contributed by atoms with van der Waals surface area (Å²) in [5.74, 6) is -0.997. The molecule has 1 aliphatic heterocycles. The summed E-state index contributed by atoms with van der Waals surface area (Å²) in [5, 5.41) is 21.1. The Hall–Kier alpha value is -1.38. The summed E-state index contributed by atoms with van der Waals surface area (Å²) < 4.78 is 4.66. The highest BCUT2D eigenvalue weighted by Crippen LogP contribution is 2.22. The quantitative estimate of drug-likeness (QED) is 0.597. The van der Waals surface area contributed by atoms with Crippen molar-refractivity contribution in [2.75, 3.05) is 13.7 Å². The number of aliphatic imine (C=N–C) groups is 1. The average Bonchev–Trinajstić information content (AvgIpc) is 2.56. The second-order valence-electron chi connectivity index (χ2n) is 5.47. The van der Waals surface area contributed by atoms with Gasteiger partial charge in [0.25, 0.3) is 0 Å². The SMILES string of the molecule is COC(=O)C(C)CN1C(O)N=C(Cl)N(Cc2ccc(Cl)cc2)C1O. The largest absolute Gasteiger partial charge is 0.469 e. The lowest BCUT2D eigenvalue weighted by Crippen LogP contribution is -2.58. The van der Waals surface area contributed by atoms with Crippen LogP contribution in [0.15, 0.2) is 29.3 Å². The smallest absolute Gasteiger partial charge is 0.309 e. The van der Waals surface area contributed by atoms with Crippen LogP contribution in [-0.4, -0.2) is 57.6 Å². The molecule has 3 unspecified atom stereocenters. The number of carbonyl (C=O) groups excluding carboxylic acids is 1. The number of halogens is 2. The van der Waals surface area contributed by atoms with Crippen molar-refractivity contribution in [1.29, 1.82) is 0 Å². The van der Waals surface area contributed by atoms with E-state index < -0.39 is 24.6 Å². The van der Waals surface area contributed by atoms with E-state index in [1.807, 2.05) is 0 Å². The summed E-state index contributed by atoms with van der Waals surface area (Å²) in [7, 11) is 1.28. The zero-order valence-electron chi connectivity index (χ0n) is 13.3. The van der Waals surface area contributed by atoms with E-state index in [0.29, 0.717) is 5.02 Å². The Labute approximate surface area is 150 Å². The average molecular weight is 376 g/mol. The summed E-state index contributed by atoms with van der Waals surface area (Å²) in [6.07, 6.45) is -2.59. The third-order valence-corrected chi connectivity index (χ3v) is 4.25. The van der Waals surface area contributed by atoms with Crippen LogP contribution in [0.2, 0.25) is 5.02 Å². The molecule has 9 heteroatoms. The van der Waals surface area contributed by atoms with E-state index in [1.54, 1.807) is 31.2 Å². The van der Waals surface area contributed by atoms with Crippen LogP contribution >= 0.6 is 23.2 Å². The molecule has 1 aromatic rings. The number of aliphatic hydroxyl groups excluding tert-OH is 2. The highest BCUT2D eigenvalue weighted by Gasteiger charge is 2.36. The summed E-state index contributed by atoms with van der Waals surface area (Å²) >= 11 is 11.9. The van der Waals surface area contributed by atoms with Crippen molar-refractivity contribution in [1.82, 2.24) is 9.80 Å². The van der Waals surface area contributed by atoms with Gasteiger partial charge >= 0.3 is 5.97 Å². The first-order valence-corrected chi connectivity index (χ1v) is 8.03.